The predicted octanol–water partition coefficient (Wildman–Crippen LogP) is 3.05. The number of anilines is 1. The lowest BCUT2D eigenvalue weighted by molar-refractivity contribution is -0.115. The summed E-state index contributed by atoms with van der Waals surface area (Å²) < 4.78 is 3.67. The summed E-state index contributed by atoms with van der Waals surface area (Å²) in [5.41, 5.74) is 4.62. The van der Waals surface area contributed by atoms with E-state index in [-0.39, 0.29) is 11.2 Å². The number of carbonyl (C=O) groups excluding carboxylic acids is 1. The molecule has 3 rings (SSSR count). The molecular formula is C18H22N6OS. The Morgan fingerprint density at radius 3 is 2.62 bits per heavy atom. The van der Waals surface area contributed by atoms with Crippen LogP contribution in [0.25, 0.3) is 5.69 Å². The number of benzene rings is 1. The normalized spacial score (nSPS) is 12.2. The number of nitrogens with zero attached hydrogens (tertiary/aromatic N) is 5. The van der Waals surface area contributed by atoms with E-state index in [1.807, 2.05) is 63.6 Å². The average Bonchev–Trinajstić information content (AvgIpc) is 3.15. The molecule has 0 aliphatic carbocycles. The third-order valence-electron chi connectivity index (χ3n) is 4.30. The van der Waals surface area contributed by atoms with E-state index in [9.17, 15) is 4.79 Å². The van der Waals surface area contributed by atoms with Crippen molar-refractivity contribution in [2.75, 3.05) is 5.32 Å². The smallest absolute Gasteiger partial charge is 0.237 e. The van der Waals surface area contributed by atoms with E-state index < -0.39 is 0 Å². The van der Waals surface area contributed by atoms with Gasteiger partial charge in [-0.2, -0.15) is 5.10 Å². The minimum atomic E-state index is -0.332. The second kappa shape index (κ2) is 7.33. The van der Waals surface area contributed by atoms with Crippen LogP contribution < -0.4 is 5.32 Å². The molecule has 1 unspecified atom stereocenters. The number of aryl methyl sites for hydroxylation is 3. The number of thioether (sulfide) groups is 1. The van der Waals surface area contributed by atoms with Crippen LogP contribution in [0.15, 0.2) is 35.7 Å². The molecule has 0 aliphatic rings. The van der Waals surface area contributed by atoms with E-state index in [0.29, 0.717) is 5.16 Å². The topological polar surface area (TPSA) is 77.6 Å². The Hall–Kier alpha value is -2.61. The van der Waals surface area contributed by atoms with E-state index in [1.165, 1.54) is 11.8 Å². The highest BCUT2D eigenvalue weighted by molar-refractivity contribution is 8.00. The molecular weight excluding hydrogens is 348 g/mol. The average molecular weight is 370 g/mol. The summed E-state index contributed by atoms with van der Waals surface area (Å²) >= 11 is 1.38. The zero-order valence-corrected chi connectivity index (χ0v) is 16.3. The number of hydrogen-bond donors (Lipinski definition) is 1. The van der Waals surface area contributed by atoms with Gasteiger partial charge in [0.15, 0.2) is 5.16 Å². The fourth-order valence-electron chi connectivity index (χ4n) is 2.69. The minimum absolute atomic E-state index is 0.0893. The van der Waals surface area contributed by atoms with Crippen molar-refractivity contribution in [3.05, 3.63) is 47.5 Å². The lowest BCUT2D eigenvalue weighted by Gasteiger charge is -2.13. The van der Waals surface area contributed by atoms with Crippen LogP contribution in [0.4, 0.5) is 5.69 Å². The van der Waals surface area contributed by atoms with Crippen LogP contribution >= 0.6 is 11.8 Å². The summed E-state index contributed by atoms with van der Waals surface area (Å²) in [6.45, 7) is 7.71. The number of amides is 1. The maximum Gasteiger partial charge on any atom is 0.237 e. The second-order valence-electron chi connectivity index (χ2n) is 6.19. The summed E-state index contributed by atoms with van der Waals surface area (Å²) in [4.78, 5) is 12.6. The number of para-hydroxylation sites is 1. The Bertz CT molecular complexity index is 945. The summed E-state index contributed by atoms with van der Waals surface area (Å²) in [6.07, 6.45) is 1.67. The molecule has 3 aromatic rings. The maximum atomic E-state index is 12.6. The molecule has 0 bridgehead atoms. The van der Waals surface area contributed by atoms with Gasteiger partial charge in [0.25, 0.3) is 0 Å². The number of carbonyl (C=O) groups is 1. The van der Waals surface area contributed by atoms with Gasteiger partial charge in [0, 0.05) is 7.05 Å². The van der Waals surface area contributed by atoms with Crippen molar-refractivity contribution >= 4 is 23.4 Å². The summed E-state index contributed by atoms with van der Waals surface area (Å²) in [7, 11) is 1.86. The standard InChI is InChI=1S/C18H22N6OS/c1-11-8-6-7-9-15(11)24-10-19-21-18(24)26-14(4)17(25)20-16-12(2)22-23(5)13(16)3/h6-10,14H,1-5H3,(H,20,25). The zero-order chi connectivity index (χ0) is 18.8. The SMILES string of the molecule is Cc1ccccc1-n1cnnc1SC(C)C(=O)Nc1c(C)nn(C)c1C. The van der Waals surface area contributed by atoms with Crippen LogP contribution in [0.5, 0.6) is 0 Å². The van der Waals surface area contributed by atoms with Crippen molar-refractivity contribution in [1.29, 1.82) is 0 Å². The monoisotopic (exact) mass is 370 g/mol. The molecule has 1 atom stereocenters. The molecule has 136 valence electrons. The van der Waals surface area contributed by atoms with Crippen LogP contribution in [0, 0.1) is 20.8 Å². The Kier molecular flexibility index (Phi) is 5.13. The van der Waals surface area contributed by atoms with Crippen molar-refractivity contribution in [2.45, 2.75) is 38.1 Å². The first-order valence-electron chi connectivity index (χ1n) is 8.32. The largest absolute Gasteiger partial charge is 0.322 e. The van der Waals surface area contributed by atoms with Crippen molar-refractivity contribution in [3.63, 3.8) is 0 Å². The van der Waals surface area contributed by atoms with Crippen molar-refractivity contribution in [2.24, 2.45) is 7.05 Å². The molecule has 1 aromatic carbocycles. The lowest BCUT2D eigenvalue weighted by Crippen LogP contribution is -2.23. The van der Waals surface area contributed by atoms with E-state index in [2.05, 4.69) is 20.6 Å². The molecule has 0 saturated carbocycles. The van der Waals surface area contributed by atoms with Gasteiger partial charge in [-0.05, 0) is 39.3 Å². The number of rotatable bonds is 5. The number of hydrogen-bond acceptors (Lipinski definition) is 5. The summed E-state index contributed by atoms with van der Waals surface area (Å²) in [5.74, 6) is -0.0893. The van der Waals surface area contributed by atoms with E-state index in [4.69, 9.17) is 0 Å². The molecule has 0 aliphatic heterocycles. The molecule has 0 saturated heterocycles. The van der Waals surface area contributed by atoms with E-state index in [1.54, 1.807) is 11.0 Å². The summed E-state index contributed by atoms with van der Waals surface area (Å²) in [5, 5.41) is 15.9. The third kappa shape index (κ3) is 3.50. The molecule has 7 nitrogen and oxygen atoms in total. The van der Waals surface area contributed by atoms with E-state index >= 15 is 0 Å². The Labute approximate surface area is 156 Å². The molecule has 0 radical (unpaired) electrons. The maximum absolute atomic E-state index is 12.6. The van der Waals surface area contributed by atoms with Crippen LogP contribution in [0.1, 0.15) is 23.9 Å². The Morgan fingerprint density at radius 2 is 1.96 bits per heavy atom. The first kappa shape index (κ1) is 18.2. The van der Waals surface area contributed by atoms with E-state index in [0.717, 1.165) is 28.3 Å². The quantitative estimate of drug-likeness (QED) is 0.699. The van der Waals surface area contributed by atoms with Crippen molar-refractivity contribution < 1.29 is 4.79 Å². The molecule has 0 spiro atoms. The molecule has 0 fully saturated rings. The minimum Gasteiger partial charge on any atom is -0.322 e. The number of nitrogens with one attached hydrogen (secondary N) is 1. The number of aromatic nitrogens is 5. The van der Waals surface area contributed by atoms with Gasteiger partial charge in [-0.1, -0.05) is 30.0 Å². The second-order valence-corrected chi connectivity index (χ2v) is 7.50. The van der Waals surface area contributed by atoms with Crippen LogP contribution in [-0.4, -0.2) is 35.7 Å². The van der Waals surface area contributed by atoms with Crippen LogP contribution in [0.3, 0.4) is 0 Å². The molecule has 26 heavy (non-hydrogen) atoms. The molecule has 1 N–H and O–H groups in total. The fourth-order valence-corrected chi connectivity index (χ4v) is 3.53. The highest BCUT2D eigenvalue weighted by Crippen LogP contribution is 2.27. The third-order valence-corrected chi connectivity index (χ3v) is 5.36. The summed E-state index contributed by atoms with van der Waals surface area (Å²) in [6, 6.07) is 8.01. The predicted molar refractivity (Wildman–Crippen MR) is 103 cm³/mol. The van der Waals surface area contributed by atoms with Crippen LogP contribution in [-0.2, 0) is 11.8 Å². The Morgan fingerprint density at radius 1 is 1.23 bits per heavy atom. The van der Waals surface area contributed by atoms with Gasteiger partial charge in [-0.25, -0.2) is 0 Å². The molecule has 2 aromatic heterocycles. The molecule has 8 heteroatoms. The van der Waals surface area contributed by atoms with Gasteiger partial charge < -0.3 is 5.32 Å². The molecule has 1 amide bonds. The highest BCUT2D eigenvalue weighted by Gasteiger charge is 2.21. The molecule has 2 heterocycles. The first-order chi connectivity index (χ1) is 12.4. The van der Waals surface area contributed by atoms with Crippen molar-refractivity contribution in [1.82, 2.24) is 24.5 Å². The van der Waals surface area contributed by atoms with Gasteiger partial charge in [0.05, 0.1) is 28.0 Å². The fraction of sp³-hybridized carbons (Fsp3) is 0.333. The zero-order valence-electron chi connectivity index (χ0n) is 15.5. The van der Waals surface area contributed by atoms with Gasteiger partial charge >= 0.3 is 0 Å². The van der Waals surface area contributed by atoms with Crippen LogP contribution in [0.2, 0.25) is 0 Å². The lowest BCUT2D eigenvalue weighted by atomic mass is 10.2. The highest BCUT2D eigenvalue weighted by atomic mass is 32.2. The van der Waals surface area contributed by atoms with Gasteiger partial charge in [0.1, 0.15) is 6.33 Å². The van der Waals surface area contributed by atoms with Gasteiger partial charge in [-0.15, -0.1) is 10.2 Å². The first-order valence-corrected chi connectivity index (χ1v) is 9.20. The van der Waals surface area contributed by atoms with Gasteiger partial charge in [0.2, 0.25) is 5.91 Å². The Balaban J connectivity index is 1.77. The van der Waals surface area contributed by atoms with Crippen molar-refractivity contribution in [3.8, 4) is 5.69 Å². The van der Waals surface area contributed by atoms with Gasteiger partial charge in [-0.3, -0.25) is 14.0 Å².